The van der Waals surface area contributed by atoms with E-state index in [2.05, 4.69) is 9.05 Å². The van der Waals surface area contributed by atoms with Crippen molar-refractivity contribution in [1.82, 2.24) is 0 Å². The molecule has 0 rings (SSSR count). The summed E-state index contributed by atoms with van der Waals surface area (Å²) in [7, 11) is -3.25. The second-order valence-corrected chi connectivity index (χ2v) is 3.25. The van der Waals surface area contributed by atoms with E-state index < -0.39 is 33.7 Å². The van der Waals surface area contributed by atoms with Gasteiger partial charge < -0.3 is 9.05 Å². The highest BCUT2D eigenvalue weighted by atomic mass is 31.1. The van der Waals surface area contributed by atoms with Crippen LogP contribution in [0.25, 0.3) is 0 Å². The first kappa shape index (κ1) is 13.7. The average Bonchev–Trinajstić information content (AvgIpc) is 1.94. The highest BCUT2D eigenvalue weighted by Crippen LogP contribution is 2.31. The zero-order valence-electron chi connectivity index (χ0n) is 6.50. The fraction of sp³-hybridized carbons (Fsp3) is 1.00. The van der Waals surface area contributed by atoms with Crippen LogP contribution in [0, 0.1) is 5.16 Å². The predicted molar refractivity (Wildman–Crippen MR) is 35.0 cm³/mol. The van der Waals surface area contributed by atoms with E-state index in [1.54, 1.807) is 0 Å². The first-order valence-corrected chi connectivity index (χ1v) is 4.39. The number of hydrogen-bond acceptors (Lipinski definition) is 3. The fourth-order valence-electron chi connectivity index (χ4n) is 0.336. The Bertz CT molecular complexity index is 181. The minimum atomic E-state index is -4.67. The highest BCUT2D eigenvalue weighted by molar-refractivity contribution is 7.34. The maximum atomic E-state index is 11.4. The maximum Gasteiger partial charge on any atom is 0.412 e. The Labute approximate surface area is 75.4 Å². The molecule has 0 aromatic carbocycles. The van der Waals surface area contributed by atoms with Crippen molar-refractivity contribution in [3.63, 3.8) is 0 Å². The molecular weight excluding hydrogens is 239 g/mol. The van der Waals surface area contributed by atoms with Crippen LogP contribution in [0.2, 0.25) is 0 Å². The van der Waals surface area contributed by atoms with Gasteiger partial charge in [0.15, 0.2) is 21.4 Å². The second kappa shape index (κ2) is 4.99. The van der Waals surface area contributed by atoms with Crippen LogP contribution < -0.4 is 0 Å². The predicted octanol–water partition coefficient (Wildman–Crippen LogP) is 2.95. The summed E-state index contributed by atoms with van der Waals surface area (Å²) in [6.45, 7) is -3.55. The molecule has 0 radical (unpaired) electrons. The molecule has 0 atom stereocenters. The third kappa shape index (κ3) is 9.82. The monoisotopic (exact) mass is 245 g/mol. The summed E-state index contributed by atoms with van der Waals surface area (Å²) in [6, 6.07) is 0. The van der Waals surface area contributed by atoms with Gasteiger partial charge >= 0.3 is 12.4 Å². The van der Waals surface area contributed by atoms with E-state index in [-0.39, 0.29) is 0 Å². The van der Waals surface area contributed by atoms with Crippen molar-refractivity contribution in [3.05, 3.63) is 0 Å². The molecule has 0 aromatic heterocycles. The Morgan fingerprint density at radius 3 is 1.36 bits per heavy atom. The molecule has 0 heterocycles. The minimum Gasteiger partial charge on any atom is -0.316 e. The molecular formula is C4H6F6NO2P. The number of nitrogens with one attached hydrogen (secondary N) is 1. The van der Waals surface area contributed by atoms with Crippen LogP contribution in [0.1, 0.15) is 0 Å². The van der Waals surface area contributed by atoms with Crippen molar-refractivity contribution in [2.75, 3.05) is 13.2 Å². The molecule has 3 nitrogen and oxygen atoms in total. The standard InChI is InChI=1S/C4H6F6NO2P/c5-3(6,7)1-12-14(11)13-2-4(8,9)10/h11,14H,1-2H2. The Morgan fingerprint density at radius 2 is 1.14 bits per heavy atom. The molecule has 0 aliphatic heterocycles. The molecule has 0 aliphatic carbocycles. The molecule has 0 spiro atoms. The first-order chi connectivity index (χ1) is 6.10. The van der Waals surface area contributed by atoms with E-state index in [4.69, 9.17) is 5.16 Å². The number of hydrogen-bond donors (Lipinski definition) is 1. The molecule has 1 N–H and O–H groups in total. The summed E-state index contributed by atoms with van der Waals surface area (Å²) in [4.78, 5) is 0. The van der Waals surface area contributed by atoms with Crippen molar-refractivity contribution < 1.29 is 35.4 Å². The van der Waals surface area contributed by atoms with Crippen LogP contribution in [0.4, 0.5) is 26.3 Å². The SMILES string of the molecule is N=[PH](OCC(F)(F)F)OCC(F)(F)F. The first-order valence-electron chi connectivity index (χ1n) is 3.08. The lowest BCUT2D eigenvalue weighted by molar-refractivity contribution is -0.161. The maximum absolute atomic E-state index is 11.4. The van der Waals surface area contributed by atoms with Gasteiger partial charge in [-0.3, -0.25) is 5.16 Å². The van der Waals surface area contributed by atoms with Crippen LogP contribution in [0.15, 0.2) is 0 Å². The summed E-state index contributed by atoms with van der Waals surface area (Å²) >= 11 is 0. The summed E-state index contributed by atoms with van der Waals surface area (Å²) in [6.07, 6.45) is -9.34. The van der Waals surface area contributed by atoms with E-state index in [9.17, 15) is 26.3 Å². The minimum absolute atomic E-state index is 1.78. The van der Waals surface area contributed by atoms with Gasteiger partial charge in [-0.1, -0.05) is 0 Å². The van der Waals surface area contributed by atoms with Gasteiger partial charge in [-0.25, -0.2) is 0 Å². The second-order valence-electron chi connectivity index (χ2n) is 2.10. The van der Waals surface area contributed by atoms with Crippen molar-refractivity contribution >= 4 is 8.17 Å². The van der Waals surface area contributed by atoms with Gasteiger partial charge in [-0.2, -0.15) is 26.3 Å². The lowest BCUT2D eigenvalue weighted by Gasteiger charge is -2.11. The molecule has 0 unspecified atom stereocenters. The molecule has 0 aliphatic rings. The van der Waals surface area contributed by atoms with Crippen LogP contribution in [0.5, 0.6) is 0 Å². The van der Waals surface area contributed by atoms with E-state index in [1.807, 2.05) is 0 Å². The van der Waals surface area contributed by atoms with Crippen LogP contribution >= 0.6 is 8.17 Å². The van der Waals surface area contributed by atoms with Crippen molar-refractivity contribution in [3.8, 4) is 0 Å². The number of alkyl halides is 6. The third-order valence-corrected chi connectivity index (χ3v) is 1.55. The Balaban J connectivity index is 3.68. The lowest BCUT2D eigenvalue weighted by atomic mass is 10.7. The quantitative estimate of drug-likeness (QED) is 0.611. The average molecular weight is 245 g/mol. The van der Waals surface area contributed by atoms with Gasteiger partial charge in [-0.15, -0.1) is 0 Å². The van der Waals surface area contributed by atoms with Crippen molar-refractivity contribution in [2.24, 2.45) is 0 Å². The van der Waals surface area contributed by atoms with E-state index >= 15 is 0 Å². The topological polar surface area (TPSA) is 42.3 Å². The third-order valence-electron chi connectivity index (χ3n) is 0.734. The highest BCUT2D eigenvalue weighted by Gasteiger charge is 2.30. The molecule has 0 saturated heterocycles. The smallest absolute Gasteiger partial charge is 0.316 e. The Kier molecular flexibility index (Phi) is 4.90. The zero-order chi connectivity index (χ0) is 11.4. The Hall–Kier alpha value is -0.270. The lowest BCUT2D eigenvalue weighted by Crippen LogP contribution is -2.17. The van der Waals surface area contributed by atoms with Gasteiger partial charge in [0.05, 0.1) is 0 Å². The molecule has 0 amide bonds. The van der Waals surface area contributed by atoms with Crippen molar-refractivity contribution in [2.45, 2.75) is 12.4 Å². The number of halogens is 6. The summed E-state index contributed by atoms with van der Waals surface area (Å²) in [5.74, 6) is 0. The van der Waals surface area contributed by atoms with E-state index in [1.165, 1.54) is 0 Å². The van der Waals surface area contributed by atoms with Gasteiger partial charge in [0.25, 0.3) is 0 Å². The molecule has 86 valence electrons. The molecule has 0 fully saturated rings. The van der Waals surface area contributed by atoms with Gasteiger partial charge in [0.2, 0.25) is 0 Å². The number of rotatable bonds is 4. The summed E-state index contributed by atoms with van der Waals surface area (Å²) in [5.41, 5.74) is 0. The molecule has 0 saturated carbocycles. The molecule has 14 heavy (non-hydrogen) atoms. The van der Waals surface area contributed by atoms with Gasteiger partial charge in [0.1, 0.15) is 0 Å². The Morgan fingerprint density at radius 1 is 0.857 bits per heavy atom. The van der Waals surface area contributed by atoms with Crippen LogP contribution in [-0.2, 0) is 9.05 Å². The summed E-state index contributed by atoms with van der Waals surface area (Å²) < 4.78 is 76.0. The summed E-state index contributed by atoms with van der Waals surface area (Å²) in [5, 5.41) is 6.59. The van der Waals surface area contributed by atoms with Crippen molar-refractivity contribution in [1.29, 1.82) is 5.16 Å². The zero-order valence-corrected chi connectivity index (χ0v) is 7.50. The fourth-order valence-corrected chi connectivity index (χ4v) is 1.01. The van der Waals surface area contributed by atoms with Crippen LogP contribution in [-0.4, -0.2) is 25.6 Å². The van der Waals surface area contributed by atoms with E-state index in [0.29, 0.717) is 0 Å². The van der Waals surface area contributed by atoms with Gasteiger partial charge in [-0.05, 0) is 0 Å². The normalized spacial score (nSPS) is 13.6. The van der Waals surface area contributed by atoms with Gasteiger partial charge in [0, 0.05) is 0 Å². The molecule has 0 bridgehead atoms. The largest absolute Gasteiger partial charge is 0.412 e. The van der Waals surface area contributed by atoms with Crippen LogP contribution in [0.3, 0.4) is 0 Å². The van der Waals surface area contributed by atoms with E-state index in [0.717, 1.165) is 0 Å². The molecule has 0 aromatic rings. The molecule has 10 heteroatoms.